The Morgan fingerprint density at radius 3 is 2.24 bits per heavy atom. The zero-order chi connectivity index (χ0) is 12.6. The first kappa shape index (κ1) is 11.3. The molecule has 1 aromatic rings. The molecule has 17 heavy (non-hydrogen) atoms. The van der Waals surface area contributed by atoms with Crippen LogP contribution in [0.25, 0.3) is 5.76 Å². The van der Waals surface area contributed by atoms with Crippen molar-refractivity contribution < 1.29 is 19.1 Å². The summed E-state index contributed by atoms with van der Waals surface area (Å²) in [6.07, 6.45) is 0. The molecule has 86 valence electrons. The molecule has 4 heteroatoms. The van der Waals surface area contributed by atoms with Gasteiger partial charge in [0.05, 0.1) is 0 Å². The summed E-state index contributed by atoms with van der Waals surface area (Å²) in [4.78, 5) is 34.4. The molecule has 0 amide bonds. The Bertz CT molecular complexity index is 567. The van der Waals surface area contributed by atoms with Gasteiger partial charge in [0.1, 0.15) is 5.76 Å². The van der Waals surface area contributed by atoms with Crippen molar-refractivity contribution in [2.75, 3.05) is 0 Å². The zero-order valence-electron chi connectivity index (χ0n) is 9.44. The predicted molar refractivity (Wildman–Crippen MR) is 60.1 cm³/mol. The highest BCUT2D eigenvalue weighted by molar-refractivity contribution is 6.52. The first-order chi connectivity index (χ1) is 8.02. The van der Waals surface area contributed by atoms with Gasteiger partial charge in [-0.3, -0.25) is 14.4 Å². The van der Waals surface area contributed by atoms with E-state index in [4.69, 9.17) is 4.74 Å². The van der Waals surface area contributed by atoms with Crippen LogP contribution in [0.1, 0.15) is 29.8 Å². The summed E-state index contributed by atoms with van der Waals surface area (Å²) >= 11 is 0. The molecule has 0 aromatic heterocycles. The highest BCUT2D eigenvalue weighted by atomic mass is 16.5. The molecule has 0 unspecified atom stereocenters. The number of benzene rings is 1. The molecule has 0 spiro atoms. The van der Waals surface area contributed by atoms with E-state index in [1.165, 1.54) is 13.8 Å². The summed E-state index contributed by atoms with van der Waals surface area (Å²) < 4.78 is 5.02. The molecule has 0 aliphatic heterocycles. The summed E-state index contributed by atoms with van der Waals surface area (Å²) in [5, 5.41) is 0. The molecule has 4 nitrogen and oxygen atoms in total. The number of esters is 1. The maximum Gasteiger partial charge on any atom is 0.308 e. The fourth-order valence-corrected chi connectivity index (χ4v) is 1.75. The predicted octanol–water partition coefficient (Wildman–Crippen LogP) is 1.75. The summed E-state index contributed by atoms with van der Waals surface area (Å²) in [5.74, 6) is -1.53. The maximum atomic E-state index is 11.7. The lowest BCUT2D eigenvalue weighted by atomic mass is 9.89. The van der Waals surface area contributed by atoms with E-state index >= 15 is 0 Å². The van der Waals surface area contributed by atoms with Crippen LogP contribution in [0.3, 0.4) is 0 Å². The standard InChI is InChI=1S/C13H10O4/c1-7-11(15)12(16)9-5-3-4-6-10(9)13(7)17-8(2)14/h3-6H,1-2H3. The number of ketones is 2. The number of hydrogen-bond acceptors (Lipinski definition) is 4. The van der Waals surface area contributed by atoms with Crippen LogP contribution < -0.4 is 0 Å². The van der Waals surface area contributed by atoms with Crippen molar-refractivity contribution in [1.82, 2.24) is 0 Å². The lowest BCUT2D eigenvalue weighted by Gasteiger charge is -2.18. The molecule has 2 rings (SSSR count). The molecule has 1 aliphatic carbocycles. The van der Waals surface area contributed by atoms with Gasteiger partial charge in [-0.15, -0.1) is 0 Å². The zero-order valence-corrected chi connectivity index (χ0v) is 9.44. The van der Waals surface area contributed by atoms with Crippen molar-refractivity contribution >= 4 is 23.3 Å². The Hall–Kier alpha value is -2.23. The van der Waals surface area contributed by atoms with Gasteiger partial charge in [-0.25, -0.2) is 0 Å². The topological polar surface area (TPSA) is 60.4 Å². The summed E-state index contributed by atoms with van der Waals surface area (Å²) in [6, 6.07) is 6.59. The minimum atomic E-state index is -0.625. The summed E-state index contributed by atoms with van der Waals surface area (Å²) in [7, 11) is 0. The molecule has 0 bridgehead atoms. The Labute approximate surface area is 97.9 Å². The number of ether oxygens (including phenoxy) is 1. The largest absolute Gasteiger partial charge is 0.426 e. The Balaban J connectivity index is 2.66. The second-order valence-corrected chi connectivity index (χ2v) is 3.75. The van der Waals surface area contributed by atoms with Gasteiger partial charge in [0.25, 0.3) is 0 Å². The Kier molecular flexibility index (Phi) is 2.63. The number of carbonyl (C=O) groups excluding carboxylic acids is 3. The van der Waals surface area contributed by atoms with E-state index < -0.39 is 17.5 Å². The van der Waals surface area contributed by atoms with Crippen molar-refractivity contribution in [2.45, 2.75) is 13.8 Å². The van der Waals surface area contributed by atoms with E-state index in [-0.39, 0.29) is 16.9 Å². The highest BCUT2D eigenvalue weighted by Gasteiger charge is 2.31. The lowest BCUT2D eigenvalue weighted by molar-refractivity contribution is -0.134. The van der Waals surface area contributed by atoms with E-state index in [0.717, 1.165) is 0 Å². The minimum Gasteiger partial charge on any atom is -0.426 e. The van der Waals surface area contributed by atoms with Crippen molar-refractivity contribution in [3.63, 3.8) is 0 Å². The highest BCUT2D eigenvalue weighted by Crippen LogP contribution is 2.30. The molecule has 0 atom stereocenters. The average Bonchev–Trinajstić information content (AvgIpc) is 2.31. The first-order valence-corrected chi connectivity index (χ1v) is 5.10. The normalized spacial score (nSPS) is 14.7. The fraction of sp³-hybridized carbons (Fsp3) is 0.154. The SMILES string of the molecule is CC(=O)OC1=C(C)C(=O)C(=O)c2ccccc21. The number of hydrogen-bond donors (Lipinski definition) is 0. The smallest absolute Gasteiger partial charge is 0.308 e. The quantitative estimate of drug-likeness (QED) is 0.544. The monoisotopic (exact) mass is 230 g/mol. The maximum absolute atomic E-state index is 11.7. The Morgan fingerprint density at radius 1 is 1.06 bits per heavy atom. The van der Waals surface area contributed by atoms with Crippen LogP contribution in [0.5, 0.6) is 0 Å². The van der Waals surface area contributed by atoms with E-state index in [0.29, 0.717) is 5.56 Å². The van der Waals surface area contributed by atoms with Gasteiger partial charge in [-0.05, 0) is 6.92 Å². The van der Waals surface area contributed by atoms with Gasteiger partial charge in [0.15, 0.2) is 0 Å². The molecule has 0 N–H and O–H groups in total. The van der Waals surface area contributed by atoms with Crippen molar-refractivity contribution in [2.24, 2.45) is 0 Å². The molecule has 0 fully saturated rings. The molecule has 0 saturated carbocycles. The van der Waals surface area contributed by atoms with E-state index in [2.05, 4.69) is 0 Å². The van der Waals surface area contributed by atoms with Gasteiger partial charge in [0.2, 0.25) is 11.6 Å². The van der Waals surface area contributed by atoms with Crippen LogP contribution in [0.2, 0.25) is 0 Å². The van der Waals surface area contributed by atoms with E-state index in [1.807, 2.05) is 0 Å². The minimum absolute atomic E-state index is 0.170. The third-order valence-electron chi connectivity index (χ3n) is 2.55. The Morgan fingerprint density at radius 2 is 1.65 bits per heavy atom. The van der Waals surface area contributed by atoms with Crippen molar-refractivity contribution in [1.29, 1.82) is 0 Å². The van der Waals surface area contributed by atoms with Crippen LogP contribution in [0.4, 0.5) is 0 Å². The summed E-state index contributed by atoms with van der Waals surface area (Å²) in [6.45, 7) is 2.73. The second kappa shape index (κ2) is 3.97. The summed E-state index contributed by atoms with van der Waals surface area (Å²) in [5.41, 5.74) is 0.938. The number of rotatable bonds is 1. The molecule has 1 aromatic carbocycles. The van der Waals surface area contributed by atoms with Gasteiger partial charge in [0, 0.05) is 23.6 Å². The first-order valence-electron chi connectivity index (χ1n) is 5.10. The van der Waals surface area contributed by atoms with Crippen LogP contribution in [0, 0.1) is 0 Å². The lowest BCUT2D eigenvalue weighted by Crippen LogP contribution is -2.24. The van der Waals surface area contributed by atoms with Crippen LogP contribution in [-0.2, 0) is 14.3 Å². The number of allylic oxidation sites excluding steroid dienone is 1. The van der Waals surface area contributed by atoms with Gasteiger partial charge in [-0.1, -0.05) is 24.3 Å². The number of Topliss-reactive ketones (excluding diaryl/α,β-unsaturated/α-hetero) is 2. The van der Waals surface area contributed by atoms with Crippen molar-refractivity contribution in [3.8, 4) is 0 Å². The molecule has 1 aliphatic rings. The third kappa shape index (κ3) is 1.78. The molecule has 0 heterocycles. The van der Waals surface area contributed by atoms with Gasteiger partial charge in [-0.2, -0.15) is 0 Å². The van der Waals surface area contributed by atoms with E-state index in [1.54, 1.807) is 24.3 Å². The average molecular weight is 230 g/mol. The fourth-order valence-electron chi connectivity index (χ4n) is 1.75. The van der Waals surface area contributed by atoms with Gasteiger partial charge >= 0.3 is 5.97 Å². The van der Waals surface area contributed by atoms with E-state index in [9.17, 15) is 14.4 Å². The van der Waals surface area contributed by atoms with Crippen molar-refractivity contribution in [3.05, 3.63) is 41.0 Å². The second-order valence-electron chi connectivity index (χ2n) is 3.75. The molecule has 0 radical (unpaired) electrons. The van der Waals surface area contributed by atoms with Crippen LogP contribution in [0.15, 0.2) is 29.8 Å². The molecule has 0 saturated heterocycles. The number of fused-ring (bicyclic) bond motifs is 1. The number of carbonyl (C=O) groups is 3. The van der Waals surface area contributed by atoms with Crippen LogP contribution in [-0.4, -0.2) is 17.5 Å². The van der Waals surface area contributed by atoms with Gasteiger partial charge < -0.3 is 4.74 Å². The molecular formula is C13H10O4. The third-order valence-corrected chi connectivity index (χ3v) is 2.55. The van der Waals surface area contributed by atoms with Crippen LogP contribution >= 0.6 is 0 Å². The molecular weight excluding hydrogens is 220 g/mol.